The number of aromatic nitrogens is 1. The molecule has 1 aromatic carbocycles. The van der Waals surface area contributed by atoms with Crippen molar-refractivity contribution in [2.45, 2.75) is 26.0 Å². The van der Waals surface area contributed by atoms with Crippen LogP contribution in [0.1, 0.15) is 29.8 Å². The summed E-state index contributed by atoms with van der Waals surface area (Å²) in [6.07, 6.45) is 1.37. The Morgan fingerprint density at radius 2 is 2.10 bits per heavy atom. The van der Waals surface area contributed by atoms with Crippen molar-refractivity contribution in [2.75, 3.05) is 0 Å². The van der Waals surface area contributed by atoms with Gasteiger partial charge in [-0.15, -0.1) is 0 Å². The van der Waals surface area contributed by atoms with Gasteiger partial charge in [-0.2, -0.15) is 5.26 Å². The molecule has 2 rings (SSSR count). The van der Waals surface area contributed by atoms with Gasteiger partial charge in [-0.3, -0.25) is 4.98 Å². The quantitative estimate of drug-likeness (QED) is 0.924. The van der Waals surface area contributed by atoms with Crippen molar-refractivity contribution in [1.82, 2.24) is 4.98 Å². The van der Waals surface area contributed by atoms with E-state index in [0.717, 1.165) is 11.3 Å². The number of benzene rings is 1. The Bertz CT molecular complexity index is 617. The van der Waals surface area contributed by atoms with Crippen LogP contribution in [-0.2, 0) is 0 Å². The van der Waals surface area contributed by atoms with Crippen LogP contribution in [0, 0.1) is 18.3 Å². The third-order valence-corrected chi connectivity index (χ3v) is 3.03. The number of nitriles is 1. The largest absolute Gasteiger partial charge is 0.482 e. The first-order valence-corrected chi connectivity index (χ1v) is 6.45. The van der Waals surface area contributed by atoms with Crippen LogP contribution >= 0.6 is 0 Å². The van der Waals surface area contributed by atoms with E-state index in [-0.39, 0.29) is 12.1 Å². The van der Waals surface area contributed by atoms with Gasteiger partial charge < -0.3 is 10.5 Å². The molecule has 2 unspecified atom stereocenters. The van der Waals surface area contributed by atoms with Crippen molar-refractivity contribution in [3.8, 4) is 11.8 Å². The molecular weight excluding hydrogens is 250 g/mol. The molecule has 2 aromatic rings. The molecule has 0 spiro atoms. The fourth-order valence-corrected chi connectivity index (χ4v) is 1.91. The molecule has 2 N–H and O–H groups in total. The van der Waals surface area contributed by atoms with Gasteiger partial charge in [0.15, 0.2) is 6.10 Å². The molecule has 0 radical (unpaired) electrons. The minimum absolute atomic E-state index is 0.213. The van der Waals surface area contributed by atoms with Crippen LogP contribution in [0.4, 0.5) is 0 Å². The Morgan fingerprint density at radius 3 is 2.70 bits per heavy atom. The van der Waals surface area contributed by atoms with E-state index in [9.17, 15) is 0 Å². The first-order chi connectivity index (χ1) is 9.61. The molecule has 0 amide bonds. The lowest BCUT2D eigenvalue weighted by atomic mass is 10.1. The second-order valence-corrected chi connectivity index (χ2v) is 4.74. The Labute approximate surface area is 118 Å². The van der Waals surface area contributed by atoms with E-state index in [4.69, 9.17) is 15.7 Å². The molecule has 0 aliphatic carbocycles. The molecule has 102 valence electrons. The SMILES string of the molecule is Cc1ccc(C#N)cc1OC(c1ccccn1)C(C)N. The molecule has 1 heterocycles. The predicted molar refractivity (Wildman–Crippen MR) is 77.1 cm³/mol. The normalized spacial score (nSPS) is 13.3. The summed E-state index contributed by atoms with van der Waals surface area (Å²) in [5, 5.41) is 8.97. The third kappa shape index (κ3) is 3.14. The molecule has 0 fully saturated rings. The van der Waals surface area contributed by atoms with Gasteiger partial charge in [-0.25, -0.2) is 0 Å². The number of hydrogen-bond acceptors (Lipinski definition) is 4. The van der Waals surface area contributed by atoms with Crippen molar-refractivity contribution in [3.05, 3.63) is 59.4 Å². The lowest BCUT2D eigenvalue weighted by Crippen LogP contribution is -2.29. The molecular formula is C16H17N3O. The molecule has 0 saturated heterocycles. The van der Waals surface area contributed by atoms with Crippen LogP contribution in [0.15, 0.2) is 42.6 Å². The first-order valence-electron chi connectivity index (χ1n) is 6.45. The highest BCUT2D eigenvalue weighted by molar-refractivity contribution is 5.42. The van der Waals surface area contributed by atoms with E-state index in [1.807, 2.05) is 38.1 Å². The predicted octanol–water partition coefficient (Wildman–Crippen LogP) is 2.73. The van der Waals surface area contributed by atoms with Crippen molar-refractivity contribution < 1.29 is 4.74 Å². The number of ether oxygens (including phenoxy) is 1. The second-order valence-electron chi connectivity index (χ2n) is 4.74. The smallest absolute Gasteiger partial charge is 0.155 e. The molecule has 4 nitrogen and oxygen atoms in total. The summed E-state index contributed by atoms with van der Waals surface area (Å²) in [5.74, 6) is 0.664. The summed E-state index contributed by atoms with van der Waals surface area (Å²) in [6.45, 7) is 3.82. The average molecular weight is 267 g/mol. The monoisotopic (exact) mass is 267 g/mol. The number of aryl methyl sites for hydroxylation is 1. The van der Waals surface area contributed by atoms with Crippen LogP contribution < -0.4 is 10.5 Å². The summed E-state index contributed by atoms with van der Waals surface area (Å²) in [4.78, 5) is 4.30. The summed E-state index contributed by atoms with van der Waals surface area (Å²) in [6, 6.07) is 12.9. The van der Waals surface area contributed by atoms with Crippen LogP contribution in [-0.4, -0.2) is 11.0 Å². The van der Waals surface area contributed by atoms with Gasteiger partial charge in [0.25, 0.3) is 0 Å². The van der Waals surface area contributed by atoms with Gasteiger partial charge in [-0.1, -0.05) is 12.1 Å². The maximum atomic E-state index is 8.97. The number of nitrogens with two attached hydrogens (primary N) is 1. The maximum Gasteiger partial charge on any atom is 0.155 e. The van der Waals surface area contributed by atoms with Crippen LogP contribution in [0.3, 0.4) is 0 Å². The fourth-order valence-electron chi connectivity index (χ4n) is 1.91. The Hall–Kier alpha value is -2.38. The number of rotatable bonds is 4. The highest BCUT2D eigenvalue weighted by atomic mass is 16.5. The van der Waals surface area contributed by atoms with E-state index < -0.39 is 0 Å². The van der Waals surface area contributed by atoms with Gasteiger partial charge in [0.1, 0.15) is 5.75 Å². The molecule has 0 aliphatic heterocycles. The average Bonchev–Trinajstić information content (AvgIpc) is 2.47. The van der Waals surface area contributed by atoms with E-state index in [2.05, 4.69) is 11.1 Å². The zero-order chi connectivity index (χ0) is 14.5. The van der Waals surface area contributed by atoms with Crippen LogP contribution in [0.2, 0.25) is 0 Å². The minimum atomic E-state index is -0.344. The van der Waals surface area contributed by atoms with Crippen molar-refractivity contribution >= 4 is 0 Å². The zero-order valence-corrected chi connectivity index (χ0v) is 11.6. The number of nitrogens with zero attached hydrogens (tertiary/aromatic N) is 2. The second kappa shape index (κ2) is 6.18. The molecule has 1 aromatic heterocycles. The van der Waals surface area contributed by atoms with E-state index in [1.165, 1.54) is 0 Å². The summed E-state index contributed by atoms with van der Waals surface area (Å²) in [7, 11) is 0. The standard InChI is InChI=1S/C16H17N3O/c1-11-6-7-13(10-17)9-15(11)20-16(12(2)18)14-5-3-4-8-19-14/h3-9,12,16H,18H2,1-2H3. The topological polar surface area (TPSA) is 71.9 Å². The molecule has 0 aliphatic rings. The summed E-state index contributed by atoms with van der Waals surface area (Å²) >= 11 is 0. The van der Waals surface area contributed by atoms with Crippen molar-refractivity contribution in [1.29, 1.82) is 5.26 Å². The van der Waals surface area contributed by atoms with Crippen molar-refractivity contribution in [2.24, 2.45) is 5.73 Å². The van der Waals surface area contributed by atoms with Gasteiger partial charge >= 0.3 is 0 Å². The van der Waals surface area contributed by atoms with Gasteiger partial charge in [-0.05, 0) is 43.7 Å². The Morgan fingerprint density at radius 1 is 1.30 bits per heavy atom. The molecule has 2 atom stereocenters. The van der Waals surface area contributed by atoms with E-state index in [0.29, 0.717) is 11.3 Å². The highest BCUT2D eigenvalue weighted by Crippen LogP contribution is 2.26. The zero-order valence-electron chi connectivity index (χ0n) is 11.6. The van der Waals surface area contributed by atoms with Gasteiger partial charge in [0.05, 0.1) is 17.3 Å². The lowest BCUT2D eigenvalue weighted by Gasteiger charge is -2.23. The van der Waals surface area contributed by atoms with Gasteiger partial charge in [0.2, 0.25) is 0 Å². The molecule has 4 heteroatoms. The first kappa shape index (κ1) is 14.0. The van der Waals surface area contributed by atoms with Crippen LogP contribution in [0.25, 0.3) is 0 Å². The highest BCUT2D eigenvalue weighted by Gasteiger charge is 2.20. The van der Waals surface area contributed by atoms with E-state index >= 15 is 0 Å². The number of pyridine rings is 1. The van der Waals surface area contributed by atoms with Crippen molar-refractivity contribution in [3.63, 3.8) is 0 Å². The Kier molecular flexibility index (Phi) is 4.34. The maximum absolute atomic E-state index is 8.97. The molecule has 0 saturated carbocycles. The number of hydrogen-bond donors (Lipinski definition) is 1. The summed E-state index contributed by atoms with van der Waals surface area (Å²) < 4.78 is 6.00. The molecule has 20 heavy (non-hydrogen) atoms. The third-order valence-electron chi connectivity index (χ3n) is 3.03. The minimum Gasteiger partial charge on any atom is -0.482 e. The lowest BCUT2D eigenvalue weighted by molar-refractivity contribution is 0.174. The summed E-state index contributed by atoms with van der Waals surface area (Å²) in [5.41, 5.74) is 8.32. The van der Waals surface area contributed by atoms with Gasteiger partial charge in [0, 0.05) is 12.2 Å². The van der Waals surface area contributed by atoms with E-state index in [1.54, 1.807) is 18.3 Å². The molecule has 0 bridgehead atoms. The fraction of sp³-hybridized carbons (Fsp3) is 0.250. The van der Waals surface area contributed by atoms with Crippen LogP contribution in [0.5, 0.6) is 5.75 Å². The Balaban J connectivity index is 2.32.